The number of para-hydroxylation sites is 2. The Balaban J connectivity index is 1.42. The molecule has 6 aromatic carbocycles. The Kier molecular flexibility index (Phi) is 12.6. The molecule has 0 aliphatic carbocycles. The van der Waals surface area contributed by atoms with Gasteiger partial charge in [-0.05, 0) is 133 Å². The lowest BCUT2D eigenvalue weighted by atomic mass is 9.73. The van der Waals surface area contributed by atoms with Crippen molar-refractivity contribution in [1.29, 1.82) is 0 Å². The van der Waals surface area contributed by atoms with E-state index in [0.29, 0.717) is 12.8 Å². The standard InChI is InChI=1S/C52H58O3/c1-9-41-35-43(29-27-37(41)3)51(5,6)49(33-39-19-17-25-47(31-39)53-45-21-13-11-14-22-45)55-50(52(7,8)44-30-28-38(4)42(10-2)36-44)34-40-20-18-26-48(32-40)54-46-23-15-12-16-24-46/h11-32,35-36,49-50H,9-10,33-34H2,1-8H3. The van der Waals surface area contributed by atoms with Gasteiger partial charge in [0.1, 0.15) is 23.0 Å². The van der Waals surface area contributed by atoms with Crippen LogP contribution in [0.4, 0.5) is 0 Å². The summed E-state index contributed by atoms with van der Waals surface area (Å²) >= 11 is 0. The maximum atomic E-state index is 7.74. The topological polar surface area (TPSA) is 27.7 Å². The molecule has 2 unspecified atom stereocenters. The fourth-order valence-electron chi connectivity index (χ4n) is 7.57. The van der Waals surface area contributed by atoms with Crippen molar-refractivity contribution in [3.63, 3.8) is 0 Å². The Hall–Kier alpha value is -5.12. The third kappa shape index (κ3) is 9.77. The molecule has 3 heteroatoms. The second-order valence-electron chi connectivity index (χ2n) is 16.1. The molecule has 55 heavy (non-hydrogen) atoms. The van der Waals surface area contributed by atoms with Gasteiger partial charge in [0.05, 0.1) is 12.2 Å². The molecule has 0 fully saturated rings. The number of hydrogen-bond acceptors (Lipinski definition) is 3. The summed E-state index contributed by atoms with van der Waals surface area (Å²) in [5, 5.41) is 0. The van der Waals surface area contributed by atoms with Gasteiger partial charge in [-0.15, -0.1) is 0 Å². The van der Waals surface area contributed by atoms with E-state index >= 15 is 0 Å². The number of benzene rings is 6. The molecule has 284 valence electrons. The summed E-state index contributed by atoms with van der Waals surface area (Å²) in [6.45, 7) is 18.3. The zero-order valence-electron chi connectivity index (χ0n) is 34.1. The minimum atomic E-state index is -0.331. The molecule has 0 N–H and O–H groups in total. The van der Waals surface area contributed by atoms with Gasteiger partial charge >= 0.3 is 0 Å². The zero-order chi connectivity index (χ0) is 39.0. The highest BCUT2D eigenvalue weighted by Crippen LogP contribution is 2.40. The highest BCUT2D eigenvalue weighted by molar-refractivity contribution is 5.40. The molecule has 6 aromatic rings. The largest absolute Gasteiger partial charge is 0.457 e. The molecular formula is C52H58O3. The van der Waals surface area contributed by atoms with Crippen LogP contribution in [0.2, 0.25) is 0 Å². The molecule has 0 aromatic heterocycles. The Morgan fingerprint density at radius 3 is 1.20 bits per heavy atom. The normalized spacial score (nSPS) is 12.9. The predicted molar refractivity (Wildman–Crippen MR) is 229 cm³/mol. The summed E-state index contributed by atoms with van der Waals surface area (Å²) < 4.78 is 20.4. The van der Waals surface area contributed by atoms with Gasteiger partial charge in [0.25, 0.3) is 0 Å². The van der Waals surface area contributed by atoms with Crippen molar-refractivity contribution in [3.8, 4) is 23.0 Å². The second kappa shape index (κ2) is 17.6. The third-order valence-corrected chi connectivity index (χ3v) is 11.5. The number of aryl methyl sites for hydroxylation is 4. The first-order chi connectivity index (χ1) is 26.5. The van der Waals surface area contributed by atoms with Crippen molar-refractivity contribution in [3.05, 3.63) is 190 Å². The van der Waals surface area contributed by atoms with Gasteiger partial charge in [-0.3, -0.25) is 0 Å². The summed E-state index contributed by atoms with van der Waals surface area (Å²) in [4.78, 5) is 0. The van der Waals surface area contributed by atoms with E-state index in [9.17, 15) is 0 Å². The fourth-order valence-corrected chi connectivity index (χ4v) is 7.57. The highest BCUT2D eigenvalue weighted by Gasteiger charge is 2.40. The van der Waals surface area contributed by atoms with Crippen LogP contribution >= 0.6 is 0 Å². The van der Waals surface area contributed by atoms with E-state index in [1.54, 1.807) is 0 Å². The second-order valence-corrected chi connectivity index (χ2v) is 16.1. The van der Waals surface area contributed by atoms with Gasteiger partial charge < -0.3 is 14.2 Å². The van der Waals surface area contributed by atoms with Crippen molar-refractivity contribution in [2.75, 3.05) is 0 Å². The minimum absolute atomic E-state index is 0.170. The van der Waals surface area contributed by atoms with Gasteiger partial charge in [0.15, 0.2) is 0 Å². The summed E-state index contributed by atoms with van der Waals surface area (Å²) in [6.07, 6.45) is 3.07. The van der Waals surface area contributed by atoms with E-state index in [2.05, 4.69) is 128 Å². The molecule has 2 atom stereocenters. The van der Waals surface area contributed by atoms with Crippen molar-refractivity contribution in [2.45, 2.75) is 104 Å². The molecule has 0 saturated heterocycles. The number of ether oxygens (including phenoxy) is 3. The highest BCUT2D eigenvalue weighted by atomic mass is 16.5. The average Bonchev–Trinajstić information content (AvgIpc) is 3.18. The van der Waals surface area contributed by atoms with Crippen molar-refractivity contribution < 1.29 is 14.2 Å². The molecule has 3 nitrogen and oxygen atoms in total. The number of rotatable bonds is 16. The Bertz CT molecular complexity index is 1990. The summed E-state index contributed by atoms with van der Waals surface area (Å²) in [5.74, 6) is 3.29. The van der Waals surface area contributed by atoms with Crippen LogP contribution < -0.4 is 9.47 Å². The van der Waals surface area contributed by atoms with Crippen LogP contribution in [0, 0.1) is 13.8 Å². The van der Waals surface area contributed by atoms with Gasteiger partial charge in [-0.25, -0.2) is 0 Å². The SMILES string of the molecule is CCc1cc(C(C)(C)C(Cc2cccc(Oc3ccccc3)c2)OC(Cc2cccc(Oc3ccccc3)c2)C(C)(C)c2ccc(C)c(CC)c2)ccc1C. The third-order valence-electron chi connectivity index (χ3n) is 11.5. The average molecular weight is 731 g/mol. The van der Waals surface area contributed by atoms with Crippen molar-refractivity contribution in [1.82, 2.24) is 0 Å². The molecule has 0 bridgehead atoms. The number of hydrogen-bond donors (Lipinski definition) is 0. The molecule has 0 radical (unpaired) electrons. The van der Waals surface area contributed by atoms with Crippen LogP contribution in [0.3, 0.4) is 0 Å². The fraction of sp³-hybridized carbons (Fsp3) is 0.308. The summed E-state index contributed by atoms with van der Waals surface area (Å²) in [5.41, 5.74) is 9.67. The van der Waals surface area contributed by atoms with E-state index in [1.165, 1.54) is 44.5 Å². The van der Waals surface area contributed by atoms with Crippen LogP contribution in [0.15, 0.2) is 146 Å². The lowest BCUT2D eigenvalue weighted by Crippen LogP contribution is -2.46. The van der Waals surface area contributed by atoms with Crippen molar-refractivity contribution in [2.24, 2.45) is 0 Å². The molecule has 0 saturated carbocycles. The van der Waals surface area contributed by atoms with Crippen LogP contribution in [0.25, 0.3) is 0 Å². The van der Waals surface area contributed by atoms with Gasteiger partial charge in [-0.2, -0.15) is 0 Å². The van der Waals surface area contributed by atoms with Gasteiger partial charge in [0, 0.05) is 10.8 Å². The maximum absolute atomic E-state index is 7.74. The van der Waals surface area contributed by atoms with Crippen LogP contribution in [0.1, 0.15) is 86.1 Å². The molecule has 0 aliphatic heterocycles. The van der Waals surface area contributed by atoms with E-state index in [0.717, 1.165) is 35.8 Å². The Labute approximate surface area is 330 Å². The molecule has 6 rings (SSSR count). The molecule has 0 spiro atoms. The van der Waals surface area contributed by atoms with E-state index in [-0.39, 0.29) is 23.0 Å². The monoisotopic (exact) mass is 730 g/mol. The van der Waals surface area contributed by atoms with E-state index in [4.69, 9.17) is 14.2 Å². The Morgan fingerprint density at radius 2 is 0.818 bits per heavy atom. The van der Waals surface area contributed by atoms with E-state index in [1.807, 2.05) is 72.8 Å². The van der Waals surface area contributed by atoms with Crippen LogP contribution in [0.5, 0.6) is 23.0 Å². The first-order valence-electron chi connectivity index (χ1n) is 20.0. The lowest BCUT2D eigenvalue weighted by molar-refractivity contribution is -0.0753. The zero-order valence-corrected chi connectivity index (χ0v) is 34.1. The predicted octanol–water partition coefficient (Wildman–Crippen LogP) is 13.5. The molecule has 0 aliphatic rings. The van der Waals surface area contributed by atoms with Gasteiger partial charge in [-0.1, -0.05) is 139 Å². The Morgan fingerprint density at radius 1 is 0.436 bits per heavy atom. The first-order valence-corrected chi connectivity index (χ1v) is 20.0. The van der Waals surface area contributed by atoms with Gasteiger partial charge in [0.2, 0.25) is 0 Å². The quantitative estimate of drug-likeness (QED) is 0.0992. The minimum Gasteiger partial charge on any atom is -0.457 e. The lowest BCUT2D eigenvalue weighted by Gasteiger charge is -2.43. The molecular weight excluding hydrogens is 673 g/mol. The summed E-state index contributed by atoms with van der Waals surface area (Å²) in [6, 6.07) is 50.9. The van der Waals surface area contributed by atoms with Crippen LogP contribution in [-0.2, 0) is 41.3 Å². The first kappa shape index (κ1) is 39.6. The molecule has 0 heterocycles. The molecule has 0 amide bonds. The van der Waals surface area contributed by atoms with E-state index < -0.39 is 0 Å². The smallest absolute Gasteiger partial charge is 0.127 e. The maximum Gasteiger partial charge on any atom is 0.127 e. The van der Waals surface area contributed by atoms with Crippen molar-refractivity contribution >= 4 is 0 Å². The summed E-state index contributed by atoms with van der Waals surface area (Å²) in [7, 11) is 0. The van der Waals surface area contributed by atoms with Crippen LogP contribution in [-0.4, -0.2) is 12.2 Å².